The predicted octanol–water partition coefficient (Wildman–Crippen LogP) is 5.05. The van der Waals surface area contributed by atoms with Crippen molar-refractivity contribution in [3.8, 4) is 5.75 Å². The molecule has 2 spiro atoms. The van der Waals surface area contributed by atoms with Crippen LogP contribution in [0.1, 0.15) is 54.9 Å². The number of hydrogen-bond donors (Lipinski definition) is 0. The minimum absolute atomic E-state index is 0.0594. The van der Waals surface area contributed by atoms with E-state index in [0.717, 1.165) is 25.8 Å². The van der Waals surface area contributed by atoms with Crippen molar-refractivity contribution in [3.05, 3.63) is 64.7 Å². The molecule has 4 fully saturated rings. The molecular weight excluding hydrogens is 422 g/mol. The Labute approximate surface area is 203 Å². The Morgan fingerprint density at radius 1 is 1.09 bits per heavy atom. The van der Waals surface area contributed by atoms with Crippen LogP contribution in [0.5, 0.6) is 5.75 Å². The summed E-state index contributed by atoms with van der Waals surface area (Å²) >= 11 is 0. The predicted molar refractivity (Wildman–Crippen MR) is 132 cm³/mol. The number of hydrogen-bond acceptors (Lipinski definition) is 4. The summed E-state index contributed by atoms with van der Waals surface area (Å²) in [4.78, 5) is 2.67. The highest BCUT2D eigenvalue weighted by Gasteiger charge is 2.82. The molecule has 4 aliphatic carbocycles. The summed E-state index contributed by atoms with van der Waals surface area (Å²) in [7, 11) is 4.28. The zero-order chi connectivity index (χ0) is 23.3. The van der Waals surface area contributed by atoms with Gasteiger partial charge >= 0.3 is 0 Å². The maximum absolute atomic E-state index is 7.13. The van der Waals surface area contributed by atoms with Gasteiger partial charge in [-0.05, 0) is 69.3 Å². The summed E-state index contributed by atoms with van der Waals surface area (Å²) in [6, 6.07) is 15.8. The molecule has 2 aliphatic heterocycles. The Morgan fingerprint density at radius 3 is 2.71 bits per heavy atom. The molecule has 1 unspecified atom stereocenters. The van der Waals surface area contributed by atoms with Gasteiger partial charge in [0.1, 0.15) is 17.5 Å². The number of piperidine rings is 1. The number of likely N-dealkylation sites (N-methyl/N-ethyl adjacent to an activating group) is 1. The highest BCUT2D eigenvalue weighted by molar-refractivity contribution is 5.61. The summed E-state index contributed by atoms with van der Waals surface area (Å²) in [5, 5.41) is 0. The normalized spacial score (nSPS) is 41.3. The summed E-state index contributed by atoms with van der Waals surface area (Å²) in [6.07, 6.45) is 5.77. The van der Waals surface area contributed by atoms with Gasteiger partial charge in [-0.1, -0.05) is 49.4 Å². The topological polar surface area (TPSA) is 30.9 Å². The Morgan fingerprint density at radius 2 is 1.91 bits per heavy atom. The molecule has 0 aromatic heterocycles. The number of rotatable bonds is 5. The van der Waals surface area contributed by atoms with Crippen molar-refractivity contribution >= 4 is 0 Å². The van der Waals surface area contributed by atoms with Gasteiger partial charge in [-0.3, -0.25) is 0 Å². The number of nitrogens with zero attached hydrogens (tertiary/aromatic N) is 1. The van der Waals surface area contributed by atoms with Gasteiger partial charge in [0, 0.05) is 35.0 Å². The van der Waals surface area contributed by atoms with Crippen LogP contribution in [0.15, 0.2) is 42.5 Å². The zero-order valence-electron chi connectivity index (χ0n) is 21.0. The van der Waals surface area contributed by atoms with Crippen LogP contribution in [-0.4, -0.2) is 50.0 Å². The lowest BCUT2D eigenvalue weighted by molar-refractivity contribution is -0.313. The largest absolute Gasteiger partial charge is 0.486 e. The van der Waals surface area contributed by atoms with Gasteiger partial charge < -0.3 is 19.1 Å². The van der Waals surface area contributed by atoms with Crippen LogP contribution in [0.4, 0.5) is 0 Å². The second-order valence-corrected chi connectivity index (χ2v) is 12.1. The van der Waals surface area contributed by atoms with Crippen LogP contribution in [0, 0.1) is 17.8 Å². The van der Waals surface area contributed by atoms with Gasteiger partial charge in [-0.15, -0.1) is 0 Å². The Kier molecular flexibility index (Phi) is 4.32. The minimum atomic E-state index is -0.341. The number of fused-ring (bicyclic) bond motifs is 2. The third kappa shape index (κ3) is 2.27. The highest BCUT2D eigenvalue weighted by atomic mass is 16.6. The number of ether oxygens (including phenoxy) is 3. The van der Waals surface area contributed by atoms with E-state index in [0.29, 0.717) is 19.3 Å². The van der Waals surface area contributed by atoms with E-state index >= 15 is 0 Å². The molecule has 2 aromatic rings. The molecule has 6 atom stereocenters. The molecule has 4 nitrogen and oxygen atoms in total. The van der Waals surface area contributed by atoms with Crippen LogP contribution in [0.3, 0.4) is 0 Å². The van der Waals surface area contributed by atoms with Crippen LogP contribution in [0.25, 0.3) is 0 Å². The molecule has 4 bridgehead atoms. The van der Waals surface area contributed by atoms with E-state index in [-0.39, 0.29) is 27.9 Å². The van der Waals surface area contributed by atoms with Crippen molar-refractivity contribution in [2.75, 3.05) is 27.3 Å². The molecule has 0 N–H and O–H groups in total. The fourth-order valence-corrected chi connectivity index (χ4v) is 9.54. The maximum atomic E-state index is 7.13. The standard InChI is InChI=1S/C30H37NO3/c1-20-10-11-22-16-23-28-12-13-30(32-4,26-29(28,14-15-31(23)3)24(22)25(20)34-26)27(2,18-28)19-33-17-21-8-6-5-7-9-21/h5-11,23,26H,12-19H2,1-4H3/t23-,26?,27-,28-,29+,30+/m1/s1. The van der Waals surface area contributed by atoms with E-state index in [1.54, 1.807) is 5.56 Å². The third-order valence-electron chi connectivity index (χ3n) is 10.9. The summed E-state index contributed by atoms with van der Waals surface area (Å²) in [5.41, 5.74) is 5.41. The number of likely N-dealkylation sites (tertiary alicyclic amines) is 1. The molecule has 0 radical (unpaired) electrons. The Hall–Kier alpha value is -1.88. The first-order chi connectivity index (χ1) is 16.4. The van der Waals surface area contributed by atoms with Crippen molar-refractivity contribution in [1.29, 1.82) is 0 Å². The Balaban J connectivity index is 1.36. The molecule has 0 amide bonds. The average molecular weight is 460 g/mol. The fourth-order valence-electron chi connectivity index (χ4n) is 9.54. The van der Waals surface area contributed by atoms with E-state index in [9.17, 15) is 0 Å². The van der Waals surface area contributed by atoms with E-state index < -0.39 is 0 Å². The van der Waals surface area contributed by atoms with Crippen molar-refractivity contribution in [1.82, 2.24) is 4.90 Å². The number of benzene rings is 2. The SMILES string of the molecule is CO[C@]12CC[C@@]3(C[C@]1(C)COCc1ccccc1)[C@H]1Cc4ccc(C)c5c4[C@@]3(CCN1C)C2O5. The monoisotopic (exact) mass is 459 g/mol. The van der Waals surface area contributed by atoms with Gasteiger partial charge in [0.25, 0.3) is 0 Å². The average Bonchev–Trinajstić information content (AvgIpc) is 3.21. The van der Waals surface area contributed by atoms with Crippen LogP contribution in [0.2, 0.25) is 0 Å². The molecule has 4 heteroatoms. The van der Waals surface area contributed by atoms with Crippen LogP contribution < -0.4 is 4.74 Å². The van der Waals surface area contributed by atoms with Gasteiger partial charge in [-0.25, -0.2) is 0 Å². The molecule has 180 valence electrons. The van der Waals surface area contributed by atoms with Crippen LogP contribution >= 0.6 is 0 Å². The molecule has 6 aliphatic rings. The van der Waals surface area contributed by atoms with E-state index in [4.69, 9.17) is 14.2 Å². The fraction of sp³-hybridized carbons (Fsp3) is 0.600. The number of aryl methyl sites for hydroxylation is 1. The van der Waals surface area contributed by atoms with Crippen molar-refractivity contribution in [2.45, 2.75) is 75.7 Å². The quantitative estimate of drug-likeness (QED) is 0.626. The molecule has 3 saturated carbocycles. The second kappa shape index (κ2) is 6.87. The zero-order valence-corrected chi connectivity index (χ0v) is 21.0. The van der Waals surface area contributed by atoms with Crippen molar-refractivity contribution < 1.29 is 14.2 Å². The van der Waals surface area contributed by atoms with E-state index in [1.807, 2.05) is 7.11 Å². The van der Waals surface area contributed by atoms with Crippen molar-refractivity contribution in [2.24, 2.45) is 10.8 Å². The Bertz CT molecular complexity index is 1150. The van der Waals surface area contributed by atoms with Gasteiger partial charge in [-0.2, -0.15) is 0 Å². The lowest BCUT2D eigenvalue weighted by Gasteiger charge is -2.76. The first kappa shape index (κ1) is 21.4. The summed E-state index contributed by atoms with van der Waals surface area (Å²) in [5.74, 6) is 1.17. The molecule has 2 aromatic carbocycles. The number of methoxy groups -OCH3 is 1. The minimum Gasteiger partial charge on any atom is -0.486 e. The van der Waals surface area contributed by atoms with Gasteiger partial charge in [0.15, 0.2) is 0 Å². The molecule has 1 saturated heterocycles. The lowest BCUT2D eigenvalue weighted by atomic mass is 9.32. The lowest BCUT2D eigenvalue weighted by Crippen LogP contribution is -2.83. The summed E-state index contributed by atoms with van der Waals surface area (Å²) in [6.45, 7) is 7.14. The maximum Gasteiger partial charge on any atom is 0.139 e. The molecule has 2 heterocycles. The smallest absolute Gasteiger partial charge is 0.139 e. The first-order valence-electron chi connectivity index (χ1n) is 13.1. The van der Waals surface area contributed by atoms with Gasteiger partial charge in [0.05, 0.1) is 13.2 Å². The first-order valence-corrected chi connectivity index (χ1v) is 13.1. The van der Waals surface area contributed by atoms with Gasteiger partial charge in [0.2, 0.25) is 0 Å². The van der Waals surface area contributed by atoms with Crippen molar-refractivity contribution in [3.63, 3.8) is 0 Å². The molecule has 8 rings (SSSR count). The van der Waals surface area contributed by atoms with E-state index in [2.05, 4.69) is 68.3 Å². The van der Waals surface area contributed by atoms with E-state index in [1.165, 1.54) is 35.3 Å². The second-order valence-electron chi connectivity index (χ2n) is 12.1. The molecule has 34 heavy (non-hydrogen) atoms. The third-order valence-corrected chi connectivity index (χ3v) is 10.9. The van der Waals surface area contributed by atoms with Crippen LogP contribution in [-0.2, 0) is 27.9 Å². The summed E-state index contributed by atoms with van der Waals surface area (Å²) < 4.78 is 20.3. The molecular formula is C30H37NO3. The highest BCUT2D eigenvalue weighted by Crippen LogP contribution is 2.78.